The van der Waals surface area contributed by atoms with Gasteiger partial charge >= 0.3 is 5.97 Å². The van der Waals surface area contributed by atoms with Crippen LogP contribution in [0.15, 0.2) is 12.1 Å². The van der Waals surface area contributed by atoms with E-state index < -0.39 is 17.7 Å². The molecular formula is C18H19ClFN3O2S. The lowest BCUT2D eigenvalue weighted by Gasteiger charge is -2.47. The highest BCUT2D eigenvalue weighted by molar-refractivity contribution is 7.15. The van der Waals surface area contributed by atoms with Crippen LogP contribution in [-0.4, -0.2) is 27.1 Å². The number of carboxylic acids is 1. The number of halogens is 2. The number of nitrogens with one attached hydrogen (secondary N) is 1. The second-order valence-corrected chi connectivity index (χ2v) is 8.75. The molecule has 2 heterocycles. The molecule has 5 rings (SSSR count). The van der Waals surface area contributed by atoms with Gasteiger partial charge in [-0.05, 0) is 68.2 Å². The zero-order valence-electron chi connectivity index (χ0n) is 14.2. The summed E-state index contributed by atoms with van der Waals surface area (Å²) < 4.78 is 15.1. The van der Waals surface area contributed by atoms with E-state index in [-0.39, 0.29) is 34.7 Å². The fourth-order valence-electron chi connectivity index (χ4n) is 4.41. The van der Waals surface area contributed by atoms with Gasteiger partial charge in [0, 0.05) is 10.9 Å². The van der Waals surface area contributed by atoms with Crippen LogP contribution in [0.4, 0.5) is 10.2 Å². The van der Waals surface area contributed by atoms with Crippen LogP contribution in [0.2, 0.25) is 5.28 Å². The second kappa shape index (κ2) is 6.78. The molecule has 2 N–H and O–H groups in total. The van der Waals surface area contributed by atoms with E-state index in [9.17, 15) is 9.90 Å². The van der Waals surface area contributed by atoms with E-state index in [0.717, 1.165) is 30.6 Å². The summed E-state index contributed by atoms with van der Waals surface area (Å²) >= 11 is 7.46. The first-order valence-corrected chi connectivity index (χ1v) is 9.92. The Morgan fingerprint density at radius 2 is 1.96 bits per heavy atom. The van der Waals surface area contributed by atoms with Crippen LogP contribution in [0.1, 0.15) is 30.6 Å². The molecule has 0 amide bonds. The van der Waals surface area contributed by atoms with Crippen molar-refractivity contribution in [1.82, 2.24) is 9.97 Å². The van der Waals surface area contributed by atoms with Crippen LogP contribution in [-0.2, 0) is 4.79 Å². The molecule has 2 aromatic heterocycles. The molecule has 0 spiro atoms. The van der Waals surface area contributed by atoms with Gasteiger partial charge in [-0.25, -0.2) is 9.37 Å². The highest BCUT2D eigenvalue weighted by Gasteiger charge is 2.47. The minimum absolute atomic E-state index is 0.00477. The third kappa shape index (κ3) is 3.07. The van der Waals surface area contributed by atoms with Gasteiger partial charge < -0.3 is 10.4 Å². The van der Waals surface area contributed by atoms with Crippen LogP contribution in [0.3, 0.4) is 0 Å². The van der Waals surface area contributed by atoms with Crippen molar-refractivity contribution in [3.63, 3.8) is 0 Å². The van der Waals surface area contributed by atoms with Crippen molar-refractivity contribution in [2.75, 3.05) is 5.32 Å². The van der Waals surface area contributed by atoms with E-state index in [1.54, 1.807) is 6.07 Å². The van der Waals surface area contributed by atoms with Crippen LogP contribution in [0.5, 0.6) is 0 Å². The molecule has 0 radical (unpaired) electrons. The lowest BCUT2D eigenvalue weighted by Crippen LogP contribution is -2.51. The highest BCUT2D eigenvalue weighted by Crippen LogP contribution is 2.46. The average Bonchev–Trinajstić information content (AvgIpc) is 3.04. The number of aliphatic carboxylic acids is 1. The SMILES string of the molecule is Cc1ccc(-c2nc(Cl)nc(NC3C4CCC(CC4)C3C(=O)O)c2F)s1. The van der Waals surface area contributed by atoms with E-state index in [0.29, 0.717) is 4.88 Å². The van der Waals surface area contributed by atoms with Crippen molar-refractivity contribution in [3.05, 3.63) is 28.1 Å². The number of hydrogen-bond donors (Lipinski definition) is 2. The number of hydrogen-bond acceptors (Lipinski definition) is 5. The quantitative estimate of drug-likeness (QED) is 0.739. The number of aryl methyl sites for hydroxylation is 1. The fraction of sp³-hybridized carbons (Fsp3) is 0.500. The summed E-state index contributed by atoms with van der Waals surface area (Å²) in [6.07, 6.45) is 3.77. The second-order valence-electron chi connectivity index (χ2n) is 7.12. The van der Waals surface area contributed by atoms with Crippen molar-refractivity contribution in [2.45, 2.75) is 38.6 Å². The Labute approximate surface area is 159 Å². The minimum atomic E-state index is -0.827. The van der Waals surface area contributed by atoms with Crippen molar-refractivity contribution >= 4 is 34.7 Å². The molecule has 3 aliphatic carbocycles. The topological polar surface area (TPSA) is 75.1 Å². The largest absolute Gasteiger partial charge is 0.481 e. The smallest absolute Gasteiger partial charge is 0.308 e. The van der Waals surface area contributed by atoms with Crippen LogP contribution in [0.25, 0.3) is 10.6 Å². The molecule has 2 atom stereocenters. The molecule has 0 saturated heterocycles. The molecule has 26 heavy (non-hydrogen) atoms. The van der Waals surface area contributed by atoms with Gasteiger partial charge in [-0.2, -0.15) is 4.98 Å². The molecule has 0 aliphatic heterocycles. The Bertz CT molecular complexity index is 851. The molecule has 2 bridgehead atoms. The van der Waals surface area contributed by atoms with Gasteiger partial charge in [0.15, 0.2) is 11.6 Å². The predicted octanol–water partition coefficient (Wildman–Crippen LogP) is 4.61. The van der Waals surface area contributed by atoms with E-state index in [1.807, 2.05) is 13.0 Å². The number of nitrogens with zero attached hydrogens (tertiary/aromatic N) is 2. The summed E-state index contributed by atoms with van der Waals surface area (Å²) in [5, 5.41) is 12.7. The van der Waals surface area contributed by atoms with Crippen molar-refractivity contribution in [3.8, 4) is 10.6 Å². The number of anilines is 1. The van der Waals surface area contributed by atoms with Gasteiger partial charge in [-0.3, -0.25) is 4.79 Å². The molecule has 5 nitrogen and oxygen atoms in total. The van der Waals surface area contributed by atoms with Crippen molar-refractivity contribution < 1.29 is 14.3 Å². The summed E-state index contributed by atoms with van der Waals surface area (Å²) in [6.45, 7) is 1.93. The first-order valence-electron chi connectivity index (χ1n) is 8.73. The normalized spacial score (nSPS) is 27.5. The van der Waals surface area contributed by atoms with Crippen LogP contribution >= 0.6 is 22.9 Å². The maximum absolute atomic E-state index is 15.1. The first kappa shape index (κ1) is 17.7. The molecule has 0 aromatic carbocycles. The van der Waals surface area contributed by atoms with Gasteiger partial charge in [0.1, 0.15) is 5.69 Å². The summed E-state index contributed by atoms with van der Waals surface area (Å²) in [4.78, 5) is 21.6. The minimum Gasteiger partial charge on any atom is -0.481 e. The number of rotatable bonds is 4. The third-order valence-electron chi connectivity index (χ3n) is 5.61. The number of fused-ring (bicyclic) bond motifs is 3. The number of carboxylic acid groups (broad SMARTS) is 1. The fourth-order valence-corrected chi connectivity index (χ4v) is 5.43. The summed E-state index contributed by atoms with van der Waals surface area (Å²) in [7, 11) is 0. The average molecular weight is 396 g/mol. The lowest BCUT2D eigenvalue weighted by molar-refractivity contribution is -0.148. The molecule has 3 aliphatic rings. The highest BCUT2D eigenvalue weighted by atomic mass is 35.5. The number of aromatic nitrogens is 2. The van der Waals surface area contributed by atoms with Gasteiger partial charge in [-0.15, -0.1) is 11.3 Å². The van der Waals surface area contributed by atoms with Gasteiger partial charge in [0.2, 0.25) is 5.28 Å². The standard InChI is InChI=1S/C18H19ClFN3O2S/c1-8-2-7-11(26-8)15-13(20)16(23-18(19)22-15)21-14-10-5-3-9(4-6-10)12(14)17(24)25/h2,7,9-10,12,14H,3-6H2,1H3,(H,24,25)(H,21,22,23). The number of carbonyl (C=O) groups is 1. The third-order valence-corrected chi connectivity index (χ3v) is 6.78. The zero-order chi connectivity index (χ0) is 18.4. The molecule has 3 saturated carbocycles. The van der Waals surface area contributed by atoms with E-state index in [4.69, 9.17) is 11.6 Å². The molecule has 2 unspecified atom stereocenters. The summed E-state index contributed by atoms with van der Waals surface area (Å²) in [5.41, 5.74) is 0.151. The first-order chi connectivity index (χ1) is 12.4. The van der Waals surface area contributed by atoms with Crippen LogP contribution < -0.4 is 5.32 Å². The van der Waals surface area contributed by atoms with E-state index >= 15 is 4.39 Å². The van der Waals surface area contributed by atoms with Crippen molar-refractivity contribution in [1.29, 1.82) is 0 Å². The maximum atomic E-state index is 15.1. The van der Waals surface area contributed by atoms with Crippen molar-refractivity contribution in [2.24, 2.45) is 17.8 Å². The Morgan fingerprint density at radius 3 is 2.58 bits per heavy atom. The maximum Gasteiger partial charge on any atom is 0.308 e. The summed E-state index contributed by atoms with van der Waals surface area (Å²) in [6, 6.07) is 3.36. The molecule has 138 valence electrons. The Morgan fingerprint density at radius 1 is 1.27 bits per heavy atom. The number of thiophene rings is 1. The molecule has 3 fully saturated rings. The lowest BCUT2D eigenvalue weighted by atomic mass is 9.61. The Kier molecular flexibility index (Phi) is 4.61. The molecular weight excluding hydrogens is 377 g/mol. The molecule has 2 aromatic rings. The summed E-state index contributed by atoms with van der Waals surface area (Å²) in [5.74, 6) is -1.59. The van der Waals surface area contributed by atoms with E-state index in [2.05, 4.69) is 15.3 Å². The monoisotopic (exact) mass is 395 g/mol. The van der Waals surface area contributed by atoms with Crippen LogP contribution in [0, 0.1) is 30.5 Å². The van der Waals surface area contributed by atoms with E-state index in [1.165, 1.54) is 11.3 Å². The van der Waals surface area contributed by atoms with Gasteiger partial charge in [0.25, 0.3) is 0 Å². The van der Waals surface area contributed by atoms with Gasteiger partial charge in [-0.1, -0.05) is 0 Å². The Hall–Kier alpha value is -1.73. The van der Waals surface area contributed by atoms with Gasteiger partial charge in [0.05, 0.1) is 10.8 Å². The molecule has 8 heteroatoms. The predicted molar refractivity (Wildman–Crippen MR) is 99.0 cm³/mol. The zero-order valence-corrected chi connectivity index (χ0v) is 15.8. The Balaban J connectivity index is 1.70.